The number of pyridine rings is 1. The number of cyclic esters (lactones) is 1. The van der Waals surface area contributed by atoms with Gasteiger partial charge < -0.3 is 44.1 Å². The first-order valence-corrected chi connectivity index (χ1v) is 31.8. The minimum atomic E-state index is -4.58. The van der Waals surface area contributed by atoms with Gasteiger partial charge in [0.2, 0.25) is 11.8 Å². The Hall–Kier alpha value is -5.06. The number of hydrogen-bond acceptors (Lipinski definition) is 14. The fraction of sp³-hybridized carbons (Fsp3) is 0.730. The normalized spacial score (nSPS) is 30.2. The lowest BCUT2D eigenvalue weighted by atomic mass is 9.67. The summed E-state index contributed by atoms with van der Waals surface area (Å²) in [7, 11) is 3.57. The zero-order chi connectivity index (χ0) is 58.4. The molecule has 8 heterocycles. The van der Waals surface area contributed by atoms with Gasteiger partial charge in [0.25, 0.3) is 5.91 Å². The van der Waals surface area contributed by atoms with Crippen LogP contribution >= 0.6 is 0 Å². The van der Waals surface area contributed by atoms with E-state index >= 15 is 22.8 Å². The van der Waals surface area contributed by atoms with Crippen LogP contribution in [0.3, 0.4) is 0 Å². The Kier molecular flexibility index (Phi) is 15.8. The number of rotatable bonds is 12. The Labute approximate surface area is 492 Å². The van der Waals surface area contributed by atoms with Crippen LogP contribution < -0.4 is 25.9 Å². The smallest absolute Gasteiger partial charge is 0.406 e. The predicted octanol–water partition coefficient (Wildman–Crippen LogP) is 6.61. The first-order chi connectivity index (χ1) is 40.4. The number of halogens is 3. The molecule has 1 aromatic carbocycles. The molecule has 4 aliphatic carbocycles. The molecule has 5 saturated heterocycles. The van der Waals surface area contributed by atoms with E-state index in [0.29, 0.717) is 104 Å². The molecule has 21 heteroatoms. The van der Waals surface area contributed by atoms with E-state index < -0.39 is 60.4 Å². The van der Waals surface area contributed by atoms with Crippen LogP contribution in [0.5, 0.6) is 0 Å². The van der Waals surface area contributed by atoms with Gasteiger partial charge in [0.05, 0.1) is 54.5 Å². The molecule has 6 bridgehead atoms. The van der Waals surface area contributed by atoms with Gasteiger partial charge in [-0.25, -0.2) is 5.43 Å². The van der Waals surface area contributed by atoms with E-state index in [1.807, 2.05) is 45.3 Å². The van der Waals surface area contributed by atoms with Crippen LogP contribution in [-0.4, -0.2) is 195 Å². The van der Waals surface area contributed by atoms with Crippen molar-refractivity contribution in [3.63, 3.8) is 0 Å². The number of morpholine rings is 1. The second kappa shape index (κ2) is 22.9. The molecule has 3 N–H and O–H groups in total. The van der Waals surface area contributed by atoms with E-state index in [-0.39, 0.29) is 54.0 Å². The molecule has 10 aliphatic rings. The monoisotopic (exact) mass is 1170 g/mol. The molecule has 3 aromatic rings. The maximum Gasteiger partial charge on any atom is 0.406 e. The molecular formula is C63H88F3N11O7. The number of aromatic nitrogens is 2. The van der Waals surface area contributed by atoms with Gasteiger partial charge >= 0.3 is 12.1 Å². The summed E-state index contributed by atoms with van der Waals surface area (Å²) < 4.78 is 66.4. The molecule has 6 aliphatic heterocycles. The predicted molar refractivity (Wildman–Crippen MR) is 312 cm³/mol. The van der Waals surface area contributed by atoms with E-state index in [0.717, 1.165) is 95.5 Å². The number of ether oxygens (including phenoxy) is 3. The molecule has 3 amide bonds. The Morgan fingerprint density at radius 1 is 0.893 bits per heavy atom. The Morgan fingerprint density at radius 2 is 1.67 bits per heavy atom. The number of nitrogens with one attached hydrogen (secondary N) is 3. The minimum Gasteiger partial charge on any atom is -0.464 e. The number of benzene rings is 1. The van der Waals surface area contributed by atoms with Crippen molar-refractivity contribution in [3.8, 4) is 11.3 Å². The number of hydrazine groups is 1. The number of methoxy groups -OCH3 is 1. The second-order valence-electron chi connectivity index (χ2n) is 27.5. The lowest BCUT2D eigenvalue weighted by Gasteiger charge is -2.43. The van der Waals surface area contributed by atoms with Crippen LogP contribution in [-0.2, 0) is 39.9 Å². The summed E-state index contributed by atoms with van der Waals surface area (Å²) in [5.74, 6) is -0.979. The minimum absolute atomic E-state index is 0.103. The number of fused-ring (bicyclic) bond motifs is 8. The van der Waals surface area contributed by atoms with Gasteiger partial charge in [-0.05, 0) is 119 Å². The first kappa shape index (κ1) is 58.0. The summed E-state index contributed by atoms with van der Waals surface area (Å²) in [5.41, 5.74) is 6.50. The summed E-state index contributed by atoms with van der Waals surface area (Å²) >= 11 is 0. The number of piperazine rings is 1. The lowest BCUT2D eigenvalue weighted by molar-refractivity contribution is -0.157. The van der Waals surface area contributed by atoms with E-state index in [9.17, 15) is 9.59 Å². The van der Waals surface area contributed by atoms with E-state index in [1.54, 1.807) is 13.2 Å². The van der Waals surface area contributed by atoms with Crippen LogP contribution in [0.4, 0.5) is 24.5 Å². The number of hydrogen-bond donors (Lipinski definition) is 3. The summed E-state index contributed by atoms with van der Waals surface area (Å²) in [5, 5.41) is 8.89. The van der Waals surface area contributed by atoms with Gasteiger partial charge in [-0.2, -0.15) is 13.2 Å². The average molecular weight is 1170 g/mol. The van der Waals surface area contributed by atoms with E-state index in [1.165, 1.54) is 22.4 Å². The average Bonchev–Trinajstić information content (AvgIpc) is 2.80. The molecule has 18 nitrogen and oxygen atoms in total. The van der Waals surface area contributed by atoms with E-state index in [4.69, 9.17) is 19.2 Å². The Morgan fingerprint density at radius 3 is 2.39 bits per heavy atom. The number of amides is 3. The SMILES string of the molecule is CN[C@H](C1CC1)[C@@H](C)C(=O)N1CC[C@]2(CCN([C@H](C(=O)N[C@H]3C[C@H]4CN(CCO4)c4ccc5c(c4)c4c(n5CC(F)(F)F)-c5cc(N6CCN(C7CC7)CC6)cnc5[C@@H](OC)C4C(C)(C)COC(=O)[C@@H]4CCCN(N4)C3=O)C3CCCC3)C2)C1. The number of esters is 1. The van der Waals surface area contributed by atoms with Crippen LogP contribution in [0, 0.1) is 28.6 Å². The highest BCUT2D eigenvalue weighted by molar-refractivity contribution is 5.97. The maximum atomic E-state index is 15.4. The molecule has 2 aromatic heterocycles. The summed E-state index contributed by atoms with van der Waals surface area (Å²) in [6.07, 6.45) is 7.46. The van der Waals surface area contributed by atoms with E-state index in [2.05, 4.69) is 47.5 Å². The molecular weight excluding hydrogens is 1080 g/mol. The zero-order valence-corrected chi connectivity index (χ0v) is 49.9. The van der Waals surface area contributed by atoms with Gasteiger partial charge in [-0.15, -0.1) is 0 Å². The van der Waals surface area contributed by atoms with Gasteiger partial charge in [0, 0.05) is 130 Å². The standard InChI is InChI=1S/C63H88F3N11O7/c1-38(52(67-4)39-12-13-39)58(79)75-22-19-62(35-75)18-21-74(34-62)54(40-9-6-7-10-40)57(78)69-48-31-44-33-73(27-28-83-44)42-16-17-49-45(29-42)50-51(61(2,3)37-84-60(81)47-11-8-20-77(70-47)59(48)80)56(82-5)53-46(55(50)76(49)36-63(64,65)66)30-43(32-68-53)72-25-23-71(24-26-72)41-14-15-41/h16-17,29-30,32,38-41,44,47-48,51-52,54,56,67,70H,6-15,18-28,31,33-37H2,1-5H3,(H,69,78)/t38-,44+,47+,48+,51?,52+,54+,56+,62+/m1/s1. The van der Waals surface area contributed by atoms with Crippen LogP contribution in [0.1, 0.15) is 128 Å². The number of alkyl halides is 3. The van der Waals surface area contributed by atoms with Crippen LogP contribution in [0.25, 0.3) is 22.2 Å². The Balaban J connectivity index is 0.826. The van der Waals surface area contributed by atoms with Gasteiger partial charge in [-0.3, -0.25) is 39.0 Å². The van der Waals surface area contributed by atoms with Crippen molar-refractivity contribution in [3.05, 3.63) is 41.7 Å². The maximum absolute atomic E-state index is 15.4. The fourth-order valence-corrected chi connectivity index (χ4v) is 16.7. The zero-order valence-electron chi connectivity index (χ0n) is 49.9. The van der Waals surface area contributed by atoms with Gasteiger partial charge in [-0.1, -0.05) is 33.6 Å². The van der Waals surface area contributed by atoms with Crippen molar-refractivity contribution < 1.29 is 46.6 Å². The summed E-state index contributed by atoms with van der Waals surface area (Å²) in [6.45, 7) is 12.3. The number of carbonyl (C=O) groups excluding carboxylic acids is 4. The van der Waals surface area contributed by atoms with Crippen molar-refractivity contribution in [2.45, 2.75) is 165 Å². The highest BCUT2D eigenvalue weighted by Crippen LogP contribution is 2.58. The summed E-state index contributed by atoms with van der Waals surface area (Å²) in [6, 6.07) is 6.14. The van der Waals surface area contributed by atoms with Crippen molar-refractivity contribution in [1.82, 2.24) is 45.3 Å². The van der Waals surface area contributed by atoms with Crippen LogP contribution in [0.2, 0.25) is 0 Å². The quantitative estimate of drug-likeness (QED) is 0.166. The third-order valence-electron chi connectivity index (χ3n) is 21.4. The molecule has 84 heavy (non-hydrogen) atoms. The number of nitrogens with zero attached hydrogens (tertiary/aromatic N) is 8. The van der Waals surface area contributed by atoms with Crippen molar-refractivity contribution >= 4 is 46.0 Å². The first-order valence-electron chi connectivity index (χ1n) is 31.8. The highest BCUT2D eigenvalue weighted by Gasteiger charge is 2.52. The molecule has 1 unspecified atom stereocenters. The number of anilines is 2. The molecule has 9 atom stereocenters. The molecule has 0 radical (unpaired) electrons. The molecule has 458 valence electrons. The third-order valence-corrected chi connectivity index (χ3v) is 21.4. The van der Waals surface area contributed by atoms with Crippen LogP contribution in [0.15, 0.2) is 30.5 Å². The second-order valence-corrected chi connectivity index (χ2v) is 27.5. The van der Waals surface area contributed by atoms with Gasteiger partial charge in [0.1, 0.15) is 24.7 Å². The number of carbonyl (C=O) groups is 4. The molecule has 13 rings (SSSR count). The van der Waals surface area contributed by atoms with Crippen molar-refractivity contribution in [2.24, 2.45) is 28.6 Å². The molecule has 1 spiro atoms. The molecule has 3 saturated carbocycles. The third kappa shape index (κ3) is 11.2. The lowest BCUT2D eigenvalue weighted by Crippen LogP contribution is -2.62. The molecule has 8 fully saturated rings. The highest BCUT2D eigenvalue weighted by atomic mass is 19.4. The van der Waals surface area contributed by atoms with Gasteiger partial charge in [0.15, 0.2) is 0 Å². The summed E-state index contributed by atoms with van der Waals surface area (Å²) in [4.78, 5) is 75.6. The fourth-order valence-electron chi connectivity index (χ4n) is 16.7. The van der Waals surface area contributed by atoms with Crippen molar-refractivity contribution in [1.29, 1.82) is 0 Å². The Bertz CT molecular complexity index is 2970. The number of likely N-dealkylation sites (tertiary alicyclic amines) is 2. The largest absolute Gasteiger partial charge is 0.464 e. The topological polar surface area (TPSA) is 169 Å². The van der Waals surface area contributed by atoms with Crippen molar-refractivity contribution in [2.75, 3.05) is 109 Å².